The number of hydrogen-bond donors (Lipinski definition) is 0. The fraction of sp³-hybridized carbons (Fsp3) is 0.154. The number of carbonyl (C=O) groups is 1. The highest BCUT2D eigenvalue weighted by atomic mass is 32.1. The number of nitro groups is 1. The Labute approximate surface area is 205 Å². The van der Waals surface area contributed by atoms with E-state index in [1.54, 1.807) is 35.6 Å². The van der Waals surface area contributed by atoms with Gasteiger partial charge >= 0.3 is 5.97 Å². The van der Waals surface area contributed by atoms with E-state index >= 15 is 0 Å². The van der Waals surface area contributed by atoms with E-state index in [-0.39, 0.29) is 5.69 Å². The van der Waals surface area contributed by atoms with E-state index in [1.807, 2.05) is 18.2 Å². The molecule has 5 rings (SSSR count). The molecular weight excluding hydrogens is 464 g/mol. The molecule has 0 bridgehead atoms. The van der Waals surface area contributed by atoms with E-state index in [1.165, 1.54) is 23.9 Å². The Balaban J connectivity index is 1.21. The van der Waals surface area contributed by atoms with Crippen LogP contribution in [-0.2, 0) is 4.79 Å². The molecule has 35 heavy (non-hydrogen) atoms. The zero-order valence-electron chi connectivity index (χ0n) is 18.7. The number of para-hydroxylation sites is 1. The second kappa shape index (κ2) is 9.94. The zero-order chi connectivity index (χ0) is 24.2. The molecule has 1 saturated heterocycles. The minimum absolute atomic E-state index is 0.0000274. The first kappa shape index (κ1) is 22.5. The number of thiazole rings is 1. The molecule has 0 aliphatic carbocycles. The Morgan fingerprint density at radius 3 is 2.40 bits per heavy atom. The van der Waals surface area contributed by atoms with Crippen molar-refractivity contribution in [3.8, 4) is 5.75 Å². The van der Waals surface area contributed by atoms with E-state index in [0.717, 1.165) is 41.5 Å². The number of rotatable bonds is 6. The average Bonchev–Trinajstić information content (AvgIpc) is 3.32. The smallest absolute Gasteiger partial charge is 0.336 e. The van der Waals surface area contributed by atoms with Gasteiger partial charge in [0.2, 0.25) is 0 Å². The van der Waals surface area contributed by atoms with Crippen LogP contribution in [0.2, 0.25) is 0 Å². The normalized spacial score (nSPS) is 13.9. The first-order chi connectivity index (χ1) is 17.0. The average molecular weight is 487 g/mol. The molecule has 0 radical (unpaired) electrons. The first-order valence-corrected chi connectivity index (χ1v) is 12.0. The highest BCUT2D eigenvalue weighted by Crippen LogP contribution is 2.32. The van der Waals surface area contributed by atoms with Crippen LogP contribution in [0.4, 0.5) is 16.5 Å². The van der Waals surface area contributed by atoms with Gasteiger partial charge in [0.05, 0.1) is 15.1 Å². The van der Waals surface area contributed by atoms with Gasteiger partial charge < -0.3 is 14.5 Å². The van der Waals surface area contributed by atoms with Gasteiger partial charge in [-0.15, -0.1) is 0 Å². The predicted molar refractivity (Wildman–Crippen MR) is 138 cm³/mol. The summed E-state index contributed by atoms with van der Waals surface area (Å²) in [7, 11) is 0. The molecule has 8 nitrogen and oxygen atoms in total. The van der Waals surface area contributed by atoms with Gasteiger partial charge in [-0.25, -0.2) is 9.78 Å². The molecule has 9 heteroatoms. The lowest BCUT2D eigenvalue weighted by molar-refractivity contribution is -0.384. The van der Waals surface area contributed by atoms with Gasteiger partial charge in [-0.3, -0.25) is 10.1 Å². The topological polar surface area (TPSA) is 88.8 Å². The van der Waals surface area contributed by atoms with Crippen molar-refractivity contribution in [3.63, 3.8) is 0 Å². The maximum absolute atomic E-state index is 12.3. The summed E-state index contributed by atoms with van der Waals surface area (Å²) in [6.07, 6.45) is 2.86. The molecule has 0 unspecified atom stereocenters. The molecule has 0 saturated carbocycles. The number of ether oxygens (including phenoxy) is 1. The number of nitrogens with zero attached hydrogens (tertiary/aromatic N) is 4. The number of hydrogen-bond acceptors (Lipinski definition) is 8. The van der Waals surface area contributed by atoms with Gasteiger partial charge in [0.15, 0.2) is 5.13 Å². The van der Waals surface area contributed by atoms with Crippen LogP contribution in [0.1, 0.15) is 5.56 Å². The van der Waals surface area contributed by atoms with E-state index in [9.17, 15) is 14.9 Å². The summed E-state index contributed by atoms with van der Waals surface area (Å²) in [5, 5.41) is 11.7. The van der Waals surface area contributed by atoms with Crippen molar-refractivity contribution in [3.05, 3.63) is 94.6 Å². The van der Waals surface area contributed by atoms with Crippen molar-refractivity contribution in [2.75, 3.05) is 36.0 Å². The molecule has 2 heterocycles. The molecule has 0 N–H and O–H groups in total. The lowest BCUT2D eigenvalue weighted by Crippen LogP contribution is -2.46. The molecule has 1 aliphatic heterocycles. The maximum Gasteiger partial charge on any atom is 0.336 e. The molecule has 0 atom stereocenters. The Bertz CT molecular complexity index is 1380. The SMILES string of the molecule is O=C(C=Cc1ccc([N+](=O)[O-])cc1)Oc1ccc2nc(N3CCN(c4ccccc4)CC3)sc2c1. The van der Waals surface area contributed by atoms with Crippen LogP contribution < -0.4 is 14.5 Å². The minimum Gasteiger partial charge on any atom is -0.423 e. The third-order valence-corrected chi connectivity index (χ3v) is 6.83. The standard InChI is InChI=1S/C26H22N4O4S/c31-25(13-8-19-6-9-21(10-7-19)30(32)33)34-22-11-12-23-24(18-22)35-26(27-23)29-16-14-28(15-17-29)20-4-2-1-3-5-20/h1-13,18H,14-17H2. The molecule has 0 spiro atoms. The van der Waals surface area contributed by atoms with Crippen LogP contribution in [0.5, 0.6) is 5.75 Å². The summed E-state index contributed by atoms with van der Waals surface area (Å²) >= 11 is 1.59. The minimum atomic E-state index is -0.524. The molecule has 1 aliphatic rings. The number of non-ortho nitro benzene ring substituents is 1. The van der Waals surface area contributed by atoms with Crippen LogP contribution in [0, 0.1) is 10.1 Å². The number of benzene rings is 3. The second-order valence-corrected chi connectivity index (χ2v) is 9.05. The maximum atomic E-state index is 12.3. The van der Waals surface area contributed by atoms with Gasteiger partial charge in [-0.05, 0) is 48.0 Å². The van der Waals surface area contributed by atoms with Gasteiger partial charge in [0.25, 0.3) is 5.69 Å². The summed E-state index contributed by atoms with van der Waals surface area (Å²) < 4.78 is 6.40. The summed E-state index contributed by atoms with van der Waals surface area (Å²) in [4.78, 5) is 32.0. The number of aromatic nitrogens is 1. The fourth-order valence-electron chi connectivity index (χ4n) is 3.91. The van der Waals surface area contributed by atoms with Gasteiger partial charge in [0, 0.05) is 56.1 Å². The quantitative estimate of drug-likeness (QED) is 0.122. The van der Waals surface area contributed by atoms with Crippen molar-refractivity contribution in [1.29, 1.82) is 0 Å². The summed E-state index contributed by atoms with van der Waals surface area (Å²) in [6, 6.07) is 21.8. The van der Waals surface area contributed by atoms with Crippen LogP contribution in [-0.4, -0.2) is 42.1 Å². The number of carbonyl (C=O) groups excluding carboxylic acids is 1. The highest BCUT2D eigenvalue weighted by molar-refractivity contribution is 7.22. The van der Waals surface area contributed by atoms with Crippen LogP contribution >= 0.6 is 11.3 Å². The van der Waals surface area contributed by atoms with Crippen molar-refractivity contribution < 1.29 is 14.5 Å². The van der Waals surface area contributed by atoms with Crippen LogP contribution in [0.15, 0.2) is 78.9 Å². The highest BCUT2D eigenvalue weighted by Gasteiger charge is 2.20. The molecule has 176 valence electrons. The molecule has 4 aromatic rings. The molecular formula is C26H22N4O4S. The van der Waals surface area contributed by atoms with E-state index < -0.39 is 10.9 Å². The Kier molecular flexibility index (Phi) is 6.40. The summed E-state index contributed by atoms with van der Waals surface area (Å²) in [6.45, 7) is 3.65. The number of esters is 1. The molecule has 0 amide bonds. The summed E-state index contributed by atoms with van der Waals surface area (Å²) in [5.41, 5.74) is 2.78. The number of fused-ring (bicyclic) bond motifs is 1. The molecule has 1 fully saturated rings. The van der Waals surface area contributed by atoms with Crippen LogP contribution in [0.25, 0.3) is 16.3 Å². The third-order valence-electron chi connectivity index (χ3n) is 5.75. The molecule has 1 aromatic heterocycles. The Morgan fingerprint density at radius 1 is 0.971 bits per heavy atom. The predicted octanol–water partition coefficient (Wildman–Crippen LogP) is 5.15. The van der Waals surface area contributed by atoms with Crippen molar-refractivity contribution in [1.82, 2.24) is 4.98 Å². The second-order valence-electron chi connectivity index (χ2n) is 8.04. The monoisotopic (exact) mass is 486 g/mol. The number of anilines is 2. The Hall–Kier alpha value is -4.24. The lowest BCUT2D eigenvalue weighted by atomic mass is 10.2. The van der Waals surface area contributed by atoms with Crippen molar-refractivity contribution in [2.45, 2.75) is 0 Å². The van der Waals surface area contributed by atoms with Crippen LogP contribution in [0.3, 0.4) is 0 Å². The first-order valence-electron chi connectivity index (χ1n) is 11.1. The van der Waals surface area contributed by atoms with Gasteiger partial charge in [-0.1, -0.05) is 29.5 Å². The molecule has 3 aromatic carbocycles. The largest absolute Gasteiger partial charge is 0.423 e. The Morgan fingerprint density at radius 2 is 1.69 bits per heavy atom. The number of piperazine rings is 1. The van der Waals surface area contributed by atoms with Gasteiger partial charge in [0.1, 0.15) is 5.75 Å². The van der Waals surface area contributed by atoms with E-state index in [4.69, 9.17) is 9.72 Å². The summed E-state index contributed by atoms with van der Waals surface area (Å²) in [5.74, 6) is -0.0792. The lowest BCUT2D eigenvalue weighted by Gasteiger charge is -2.35. The van der Waals surface area contributed by atoms with E-state index in [0.29, 0.717) is 11.3 Å². The fourth-order valence-corrected chi connectivity index (χ4v) is 4.95. The number of nitro benzene ring substituents is 1. The third kappa shape index (κ3) is 5.30. The van der Waals surface area contributed by atoms with E-state index in [2.05, 4.69) is 34.1 Å². The van der Waals surface area contributed by atoms with Crippen molar-refractivity contribution in [2.24, 2.45) is 0 Å². The van der Waals surface area contributed by atoms with Crippen molar-refractivity contribution >= 4 is 50.1 Å². The zero-order valence-corrected chi connectivity index (χ0v) is 19.6. The van der Waals surface area contributed by atoms with Gasteiger partial charge in [-0.2, -0.15) is 0 Å².